The molecule has 0 bridgehead atoms. The molecule has 1 aromatic carbocycles. The van der Waals surface area contributed by atoms with Crippen molar-refractivity contribution in [3.8, 4) is 5.75 Å². The average molecular weight is 246 g/mol. The third-order valence-electron chi connectivity index (χ3n) is 3.84. The van der Waals surface area contributed by atoms with Gasteiger partial charge in [-0.3, -0.25) is 4.79 Å². The van der Waals surface area contributed by atoms with E-state index in [2.05, 4.69) is 0 Å². The first-order chi connectivity index (χ1) is 8.78. The van der Waals surface area contributed by atoms with Crippen molar-refractivity contribution in [2.45, 2.75) is 44.9 Å². The van der Waals surface area contributed by atoms with Crippen LogP contribution in [0.1, 0.15) is 44.1 Å². The predicted molar refractivity (Wildman–Crippen MR) is 72.9 cm³/mol. The molecule has 1 aliphatic carbocycles. The van der Waals surface area contributed by atoms with E-state index in [1.165, 1.54) is 25.7 Å². The molecule has 0 radical (unpaired) electrons. The highest BCUT2D eigenvalue weighted by molar-refractivity contribution is 5.80. The summed E-state index contributed by atoms with van der Waals surface area (Å²) in [7, 11) is 1.65. The maximum atomic E-state index is 11.9. The minimum Gasteiger partial charge on any atom is -0.497 e. The summed E-state index contributed by atoms with van der Waals surface area (Å²) >= 11 is 0. The Morgan fingerprint density at radius 3 is 2.83 bits per heavy atom. The number of hydrogen-bond donors (Lipinski definition) is 0. The van der Waals surface area contributed by atoms with Crippen LogP contribution in [0.2, 0.25) is 0 Å². The summed E-state index contributed by atoms with van der Waals surface area (Å²) in [5.41, 5.74) is 1.06. The van der Waals surface area contributed by atoms with E-state index in [0.29, 0.717) is 12.2 Å². The van der Waals surface area contributed by atoms with Gasteiger partial charge < -0.3 is 4.74 Å². The van der Waals surface area contributed by atoms with Gasteiger partial charge in [0.25, 0.3) is 0 Å². The van der Waals surface area contributed by atoms with Crippen LogP contribution < -0.4 is 4.74 Å². The van der Waals surface area contributed by atoms with Crippen LogP contribution in [0, 0.1) is 5.92 Å². The molecule has 2 rings (SSSR count). The van der Waals surface area contributed by atoms with E-state index in [0.717, 1.165) is 30.1 Å². The molecular weight excluding hydrogens is 224 g/mol. The molecule has 0 spiro atoms. The summed E-state index contributed by atoms with van der Waals surface area (Å²) in [6.07, 6.45) is 7.73. The Hall–Kier alpha value is -1.31. The normalized spacial score (nSPS) is 15.8. The van der Waals surface area contributed by atoms with Crippen LogP contribution in [-0.2, 0) is 11.2 Å². The fourth-order valence-electron chi connectivity index (χ4n) is 2.76. The number of ketones is 1. The second-order valence-electron chi connectivity index (χ2n) is 5.26. The highest BCUT2D eigenvalue weighted by Crippen LogP contribution is 2.28. The first kappa shape index (κ1) is 13.1. The summed E-state index contributed by atoms with van der Waals surface area (Å²) in [5, 5.41) is 0. The first-order valence-corrected chi connectivity index (χ1v) is 6.92. The van der Waals surface area contributed by atoms with Crippen molar-refractivity contribution in [1.29, 1.82) is 0 Å². The third-order valence-corrected chi connectivity index (χ3v) is 3.84. The monoisotopic (exact) mass is 246 g/mol. The van der Waals surface area contributed by atoms with Crippen LogP contribution in [0.15, 0.2) is 24.3 Å². The van der Waals surface area contributed by atoms with Crippen LogP contribution >= 0.6 is 0 Å². The second kappa shape index (κ2) is 6.58. The molecule has 0 atom stereocenters. The molecule has 18 heavy (non-hydrogen) atoms. The predicted octanol–water partition coefficient (Wildman–Crippen LogP) is 3.78. The molecule has 1 fully saturated rings. The Balaban J connectivity index is 1.78. The SMILES string of the molecule is COc1cccc(CC(=O)CCC2CCCC2)c1. The van der Waals surface area contributed by atoms with Crippen molar-refractivity contribution in [3.05, 3.63) is 29.8 Å². The molecule has 0 aliphatic heterocycles. The summed E-state index contributed by atoms with van der Waals surface area (Å²) in [5.74, 6) is 1.99. The average Bonchev–Trinajstić information content (AvgIpc) is 2.90. The van der Waals surface area contributed by atoms with Crippen molar-refractivity contribution < 1.29 is 9.53 Å². The molecule has 1 aliphatic rings. The lowest BCUT2D eigenvalue weighted by Crippen LogP contribution is -2.05. The van der Waals surface area contributed by atoms with E-state index in [-0.39, 0.29) is 0 Å². The van der Waals surface area contributed by atoms with Crippen molar-refractivity contribution in [2.24, 2.45) is 5.92 Å². The van der Waals surface area contributed by atoms with E-state index in [1.807, 2.05) is 24.3 Å². The van der Waals surface area contributed by atoms with Gasteiger partial charge in [0.15, 0.2) is 0 Å². The van der Waals surface area contributed by atoms with Crippen molar-refractivity contribution >= 4 is 5.78 Å². The van der Waals surface area contributed by atoms with Gasteiger partial charge in [0.05, 0.1) is 7.11 Å². The van der Waals surface area contributed by atoms with Gasteiger partial charge in [0, 0.05) is 12.8 Å². The molecule has 1 aromatic rings. The van der Waals surface area contributed by atoms with E-state index in [4.69, 9.17) is 4.74 Å². The van der Waals surface area contributed by atoms with Crippen molar-refractivity contribution in [1.82, 2.24) is 0 Å². The number of rotatable bonds is 6. The number of benzene rings is 1. The Morgan fingerprint density at radius 2 is 2.11 bits per heavy atom. The molecule has 1 saturated carbocycles. The zero-order valence-corrected chi connectivity index (χ0v) is 11.2. The van der Waals surface area contributed by atoms with Crippen LogP contribution in [-0.4, -0.2) is 12.9 Å². The molecule has 98 valence electrons. The molecule has 2 nitrogen and oxygen atoms in total. The molecule has 0 saturated heterocycles. The van der Waals surface area contributed by atoms with E-state index >= 15 is 0 Å². The van der Waals surface area contributed by atoms with Crippen LogP contribution in [0.4, 0.5) is 0 Å². The second-order valence-corrected chi connectivity index (χ2v) is 5.26. The zero-order valence-electron chi connectivity index (χ0n) is 11.2. The number of carbonyl (C=O) groups excluding carboxylic acids is 1. The molecule has 0 aromatic heterocycles. The van der Waals surface area contributed by atoms with Gasteiger partial charge >= 0.3 is 0 Å². The largest absolute Gasteiger partial charge is 0.497 e. The standard InChI is InChI=1S/C16H22O2/c1-18-16-8-4-7-14(12-16)11-15(17)10-9-13-5-2-3-6-13/h4,7-8,12-13H,2-3,5-6,9-11H2,1H3. The summed E-state index contributed by atoms with van der Waals surface area (Å²) in [6, 6.07) is 7.80. The van der Waals surface area contributed by atoms with Crippen LogP contribution in [0.25, 0.3) is 0 Å². The maximum Gasteiger partial charge on any atom is 0.137 e. The fourth-order valence-corrected chi connectivity index (χ4v) is 2.76. The van der Waals surface area contributed by atoms with Crippen molar-refractivity contribution in [2.75, 3.05) is 7.11 Å². The molecule has 0 amide bonds. The highest BCUT2D eigenvalue weighted by atomic mass is 16.5. The lowest BCUT2D eigenvalue weighted by Gasteiger charge is -2.08. The third kappa shape index (κ3) is 3.86. The fraction of sp³-hybridized carbons (Fsp3) is 0.562. The molecular formula is C16H22O2. The van der Waals surface area contributed by atoms with Gasteiger partial charge in [0.1, 0.15) is 11.5 Å². The number of Topliss-reactive ketones (excluding diaryl/α,β-unsaturated/α-hetero) is 1. The summed E-state index contributed by atoms with van der Waals surface area (Å²) in [6.45, 7) is 0. The minimum absolute atomic E-state index is 0.357. The zero-order chi connectivity index (χ0) is 12.8. The Bertz CT molecular complexity index is 392. The number of hydrogen-bond acceptors (Lipinski definition) is 2. The van der Waals surface area contributed by atoms with Crippen molar-refractivity contribution in [3.63, 3.8) is 0 Å². The van der Waals surface area contributed by atoms with Gasteiger partial charge in [-0.25, -0.2) is 0 Å². The lowest BCUT2D eigenvalue weighted by molar-refractivity contribution is -0.118. The van der Waals surface area contributed by atoms with Gasteiger partial charge in [-0.15, -0.1) is 0 Å². The van der Waals surface area contributed by atoms with Crippen LogP contribution in [0.3, 0.4) is 0 Å². The quantitative estimate of drug-likeness (QED) is 0.763. The van der Waals surface area contributed by atoms with Gasteiger partial charge in [-0.05, 0) is 30.0 Å². The molecule has 0 N–H and O–H groups in total. The number of carbonyl (C=O) groups is 1. The van der Waals surface area contributed by atoms with E-state index < -0.39 is 0 Å². The highest BCUT2D eigenvalue weighted by Gasteiger charge is 2.16. The Morgan fingerprint density at radius 1 is 1.33 bits per heavy atom. The molecule has 0 unspecified atom stereocenters. The number of methoxy groups -OCH3 is 1. The topological polar surface area (TPSA) is 26.3 Å². The van der Waals surface area contributed by atoms with Gasteiger partial charge in [-0.1, -0.05) is 37.8 Å². The lowest BCUT2D eigenvalue weighted by atomic mass is 9.97. The van der Waals surface area contributed by atoms with E-state index in [1.54, 1.807) is 7.11 Å². The smallest absolute Gasteiger partial charge is 0.137 e. The summed E-state index contributed by atoms with van der Waals surface area (Å²) in [4.78, 5) is 11.9. The minimum atomic E-state index is 0.357. The summed E-state index contributed by atoms with van der Waals surface area (Å²) < 4.78 is 5.17. The maximum absolute atomic E-state index is 11.9. The first-order valence-electron chi connectivity index (χ1n) is 6.92. The Labute approximate surface area is 109 Å². The Kier molecular flexibility index (Phi) is 4.80. The molecule has 2 heteroatoms. The molecule has 0 heterocycles. The van der Waals surface area contributed by atoms with Crippen LogP contribution in [0.5, 0.6) is 5.75 Å². The van der Waals surface area contributed by atoms with Gasteiger partial charge in [-0.2, -0.15) is 0 Å². The van der Waals surface area contributed by atoms with Gasteiger partial charge in [0.2, 0.25) is 0 Å². The number of ether oxygens (including phenoxy) is 1. The van der Waals surface area contributed by atoms with E-state index in [9.17, 15) is 4.79 Å².